The van der Waals surface area contributed by atoms with Crippen LogP contribution in [0.1, 0.15) is 32.8 Å². The quantitative estimate of drug-likeness (QED) is 0.824. The molecule has 0 saturated heterocycles. The van der Waals surface area contributed by atoms with E-state index in [1.165, 1.54) is 5.56 Å². The van der Waals surface area contributed by atoms with Gasteiger partial charge in [0.15, 0.2) is 0 Å². The maximum atomic E-state index is 5.85. The zero-order valence-corrected chi connectivity index (χ0v) is 12.6. The highest BCUT2D eigenvalue weighted by molar-refractivity contribution is 5.27. The van der Waals surface area contributed by atoms with Gasteiger partial charge < -0.3 is 15.2 Å². The molecular weight excluding hydrogens is 238 g/mol. The van der Waals surface area contributed by atoms with Crippen molar-refractivity contribution in [1.82, 2.24) is 0 Å². The summed E-state index contributed by atoms with van der Waals surface area (Å²) < 4.78 is 10.9. The van der Waals surface area contributed by atoms with Crippen LogP contribution in [0.25, 0.3) is 0 Å². The molecule has 0 amide bonds. The monoisotopic (exact) mass is 265 g/mol. The molecule has 19 heavy (non-hydrogen) atoms. The van der Waals surface area contributed by atoms with Crippen molar-refractivity contribution in [1.29, 1.82) is 0 Å². The van der Waals surface area contributed by atoms with Crippen LogP contribution in [-0.4, -0.2) is 25.9 Å². The summed E-state index contributed by atoms with van der Waals surface area (Å²) in [4.78, 5) is 0. The minimum absolute atomic E-state index is 0.0702. The summed E-state index contributed by atoms with van der Waals surface area (Å²) in [6.45, 7) is 7.69. The first kappa shape index (κ1) is 16.0. The second-order valence-electron chi connectivity index (χ2n) is 5.90. The van der Waals surface area contributed by atoms with E-state index in [1.807, 2.05) is 12.1 Å². The molecule has 3 heteroatoms. The zero-order valence-electron chi connectivity index (χ0n) is 12.6. The molecule has 108 valence electrons. The molecule has 0 aliphatic heterocycles. The van der Waals surface area contributed by atoms with E-state index >= 15 is 0 Å². The molecule has 0 aromatic heterocycles. The van der Waals surface area contributed by atoms with Crippen molar-refractivity contribution in [2.75, 3.05) is 20.3 Å². The maximum Gasteiger partial charge on any atom is 0.118 e. The molecule has 0 fully saturated rings. The van der Waals surface area contributed by atoms with Gasteiger partial charge in [-0.2, -0.15) is 0 Å². The van der Waals surface area contributed by atoms with Gasteiger partial charge in [-0.05, 0) is 63.8 Å². The number of hydrogen-bond acceptors (Lipinski definition) is 3. The number of methoxy groups -OCH3 is 1. The molecular formula is C16H27NO2. The molecule has 0 spiro atoms. The van der Waals surface area contributed by atoms with Crippen molar-refractivity contribution in [2.24, 2.45) is 11.7 Å². The van der Waals surface area contributed by atoms with E-state index < -0.39 is 0 Å². The smallest absolute Gasteiger partial charge is 0.118 e. The van der Waals surface area contributed by atoms with Crippen molar-refractivity contribution in [3.63, 3.8) is 0 Å². The lowest BCUT2D eigenvalue weighted by Crippen LogP contribution is -2.24. The van der Waals surface area contributed by atoms with Crippen LogP contribution in [0.5, 0.6) is 5.75 Å². The Morgan fingerprint density at radius 3 is 2.26 bits per heavy atom. The molecule has 0 saturated carbocycles. The minimum Gasteiger partial charge on any atom is -0.497 e. The molecule has 1 rings (SSSR count). The Labute approximate surface area is 117 Å². The molecule has 0 radical (unpaired) electrons. The number of nitrogens with two attached hydrogens (primary N) is 1. The molecule has 1 aromatic carbocycles. The summed E-state index contributed by atoms with van der Waals surface area (Å²) in [5.74, 6) is 1.36. The van der Waals surface area contributed by atoms with Gasteiger partial charge in [-0.15, -0.1) is 0 Å². The largest absolute Gasteiger partial charge is 0.497 e. The van der Waals surface area contributed by atoms with E-state index in [1.54, 1.807) is 7.11 Å². The van der Waals surface area contributed by atoms with Gasteiger partial charge in [-0.25, -0.2) is 0 Å². The van der Waals surface area contributed by atoms with Gasteiger partial charge in [0.1, 0.15) is 5.75 Å². The molecule has 0 bridgehead atoms. The second kappa shape index (κ2) is 7.51. The first-order valence-electron chi connectivity index (χ1n) is 6.91. The van der Waals surface area contributed by atoms with Gasteiger partial charge >= 0.3 is 0 Å². The maximum absolute atomic E-state index is 5.85. The fourth-order valence-corrected chi connectivity index (χ4v) is 1.93. The predicted molar refractivity (Wildman–Crippen MR) is 79.6 cm³/mol. The molecule has 2 N–H and O–H groups in total. The summed E-state index contributed by atoms with van der Waals surface area (Å²) in [6, 6.07) is 8.20. The average molecular weight is 265 g/mol. The summed E-state index contributed by atoms with van der Waals surface area (Å²) in [6.07, 6.45) is 1.99. The van der Waals surface area contributed by atoms with Gasteiger partial charge in [0.05, 0.1) is 12.7 Å². The van der Waals surface area contributed by atoms with Crippen LogP contribution in [0.4, 0.5) is 0 Å². The normalized spacial score (nSPS) is 13.3. The predicted octanol–water partition coefficient (Wildman–Crippen LogP) is 3.02. The first-order chi connectivity index (χ1) is 8.94. The van der Waals surface area contributed by atoms with E-state index in [0.29, 0.717) is 12.5 Å². The van der Waals surface area contributed by atoms with Crippen LogP contribution in [0.3, 0.4) is 0 Å². The summed E-state index contributed by atoms with van der Waals surface area (Å²) in [5, 5.41) is 0. The molecule has 0 aliphatic rings. The first-order valence-corrected chi connectivity index (χ1v) is 6.91. The average Bonchev–Trinajstić information content (AvgIpc) is 2.37. The van der Waals surface area contributed by atoms with Crippen molar-refractivity contribution in [3.8, 4) is 5.75 Å². The highest BCUT2D eigenvalue weighted by Gasteiger charge is 2.13. The van der Waals surface area contributed by atoms with Gasteiger partial charge in [-0.3, -0.25) is 0 Å². The van der Waals surface area contributed by atoms with E-state index in [4.69, 9.17) is 15.2 Å². The van der Waals surface area contributed by atoms with Gasteiger partial charge in [0.25, 0.3) is 0 Å². The highest BCUT2D eigenvalue weighted by atomic mass is 16.5. The van der Waals surface area contributed by atoms with E-state index in [9.17, 15) is 0 Å². The fraction of sp³-hybridized carbons (Fsp3) is 0.625. The van der Waals surface area contributed by atoms with Crippen molar-refractivity contribution < 1.29 is 9.47 Å². The number of hydrogen-bond donors (Lipinski definition) is 1. The van der Waals surface area contributed by atoms with Crippen molar-refractivity contribution in [2.45, 2.75) is 39.2 Å². The molecule has 3 nitrogen and oxygen atoms in total. The van der Waals surface area contributed by atoms with E-state index in [2.05, 4.69) is 32.9 Å². The SMILES string of the molecule is COc1ccc(CC(CN)CCOC(C)(C)C)cc1. The lowest BCUT2D eigenvalue weighted by atomic mass is 9.96. The number of rotatable bonds is 7. The Morgan fingerprint density at radius 2 is 1.79 bits per heavy atom. The second-order valence-corrected chi connectivity index (χ2v) is 5.90. The lowest BCUT2D eigenvalue weighted by Gasteiger charge is -2.22. The third-order valence-electron chi connectivity index (χ3n) is 3.08. The molecule has 1 atom stereocenters. The van der Waals surface area contributed by atoms with Crippen LogP contribution in [0.15, 0.2) is 24.3 Å². The molecule has 1 unspecified atom stereocenters. The topological polar surface area (TPSA) is 44.5 Å². The number of benzene rings is 1. The third-order valence-corrected chi connectivity index (χ3v) is 3.08. The third kappa shape index (κ3) is 6.60. The van der Waals surface area contributed by atoms with E-state index in [-0.39, 0.29) is 5.60 Å². The van der Waals surface area contributed by atoms with Gasteiger partial charge in [0, 0.05) is 6.61 Å². The minimum atomic E-state index is -0.0702. The van der Waals surface area contributed by atoms with Crippen molar-refractivity contribution >= 4 is 0 Å². The Hall–Kier alpha value is -1.06. The number of ether oxygens (including phenoxy) is 2. The van der Waals surface area contributed by atoms with Crippen LogP contribution in [0, 0.1) is 5.92 Å². The van der Waals surface area contributed by atoms with Crippen molar-refractivity contribution in [3.05, 3.63) is 29.8 Å². The Morgan fingerprint density at radius 1 is 1.16 bits per heavy atom. The Balaban J connectivity index is 2.42. The van der Waals surface area contributed by atoms with Crippen LogP contribution in [-0.2, 0) is 11.2 Å². The summed E-state index contributed by atoms with van der Waals surface area (Å²) >= 11 is 0. The van der Waals surface area contributed by atoms with Gasteiger partial charge in [-0.1, -0.05) is 12.1 Å². The molecule has 0 aliphatic carbocycles. The Kier molecular flexibility index (Phi) is 6.32. The fourth-order valence-electron chi connectivity index (χ4n) is 1.93. The summed E-state index contributed by atoms with van der Waals surface area (Å²) in [5.41, 5.74) is 7.07. The standard InChI is InChI=1S/C16H27NO2/c1-16(2,3)19-10-9-14(12-17)11-13-5-7-15(18-4)8-6-13/h5-8,14H,9-12,17H2,1-4H3. The molecule has 1 aromatic rings. The summed E-state index contributed by atoms with van der Waals surface area (Å²) in [7, 11) is 1.68. The lowest BCUT2D eigenvalue weighted by molar-refractivity contribution is -0.00886. The zero-order chi connectivity index (χ0) is 14.3. The molecule has 0 heterocycles. The van der Waals surface area contributed by atoms with E-state index in [0.717, 1.165) is 25.2 Å². The van der Waals surface area contributed by atoms with Crippen LogP contribution in [0.2, 0.25) is 0 Å². The van der Waals surface area contributed by atoms with Gasteiger partial charge in [0.2, 0.25) is 0 Å². The Bertz CT molecular complexity index is 354. The highest BCUT2D eigenvalue weighted by Crippen LogP contribution is 2.17. The van der Waals surface area contributed by atoms with Crippen LogP contribution >= 0.6 is 0 Å². The van der Waals surface area contributed by atoms with Crippen LogP contribution < -0.4 is 10.5 Å².